The van der Waals surface area contributed by atoms with Crippen molar-refractivity contribution in [3.63, 3.8) is 0 Å². The van der Waals surface area contributed by atoms with Crippen LogP contribution in [0, 0.1) is 6.92 Å². The van der Waals surface area contributed by atoms with Gasteiger partial charge in [-0.1, -0.05) is 60.9 Å². The standard InChI is InChI=1S/C22H22ClN3O2/c1-13(2)15-5-7-16(8-6-15)21-24-22(28-25-21)17-10-20(27)26(12-17)19-11-18(23)9-4-14(19)3/h4-9,11,13,17H,10,12H2,1-3H3. The highest BCUT2D eigenvalue weighted by atomic mass is 35.5. The van der Waals surface area contributed by atoms with Gasteiger partial charge < -0.3 is 9.42 Å². The molecule has 4 rings (SSSR count). The Bertz CT molecular complexity index is 1010. The fraction of sp³-hybridized carbons (Fsp3) is 0.318. The number of aryl methyl sites for hydroxylation is 1. The van der Waals surface area contributed by atoms with E-state index in [1.165, 1.54) is 5.56 Å². The Morgan fingerprint density at radius 1 is 1.18 bits per heavy atom. The lowest BCUT2D eigenvalue weighted by Crippen LogP contribution is -2.25. The zero-order chi connectivity index (χ0) is 19.8. The van der Waals surface area contributed by atoms with Crippen LogP contribution in [0.2, 0.25) is 5.02 Å². The lowest BCUT2D eigenvalue weighted by molar-refractivity contribution is -0.117. The quantitative estimate of drug-likeness (QED) is 0.598. The fourth-order valence-electron chi connectivity index (χ4n) is 3.51. The number of anilines is 1. The maximum Gasteiger partial charge on any atom is 0.232 e. The van der Waals surface area contributed by atoms with Gasteiger partial charge in [-0.15, -0.1) is 0 Å². The number of benzene rings is 2. The molecule has 0 radical (unpaired) electrons. The molecule has 3 aromatic rings. The van der Waals surface area contributed by atoms with Crippen molar-refractivity contribution in [3.8, 4) is 11.4 Å². The van der Waals surface area contributed by atoms with Gasteiger partial charge >= 0.3 is 0 Å². The molecule has 1 aliphatic rings. The lowest BCUT2D eigenvalue weighted by Gasteiger charge is -2.18. The zero-order valence-electron chi connectivity index (χ0n) is 16.1. The number of amides is 1. The van der Waals surface area contributed by atoms with Crippen LogP contribution in [0.3, 0.4) is 0 Å². The maximum atomic E-state index is 12.6. The van der Waals surface area contributed by atoms with E-state index in [9.17, 15) is 4.79 Å². The summed E-state index contributed by atoms with van der Waals surface area (Å²) >= 11 is 6.12. The number of carbonyl (C=O) groups excluding carboxylic acids is 1. The molecule has 0 bridgehead atoms. The smallest absolute Gasteiger partial charge is 0.232 e. The van der Waals surface area contributed by atoms with Crippen LogP contribution < -0.4 is 4.90 Å². The lowest BCUT2D eigenvalue weighted by atomic mass is 10.0. The summed E-state index contributed by atoms with van der Waals surface area (Å²) in [7, 11) is 0. The molecule has 1 aliphatic heterocycles. The van der Waals surface area contributed by atoms with E-state index in [0.29, 0.717) is 35.6 Å². The van der Waals surface area contributed by atoms with E-state index in [4.69, 9.17) is 16.1 Å². The average Bonchev–Trinajstić information content (AvgIpc) is 3.31. The highest BCUT2D eigenvalue weighted by Crippen LogP contribution is 2.34. The van der Waals surface area contributed by atoms with Gasteiger partial charge in [0, 0.05) is 29.2 Å². The second kappa shape index (κ2) is 7.40. The molecular formula is C22H22ClN3O2. The van der Waals surface area contributed by atoms with Crippen LogP contribution in [-0.2, 0) is 4.79 Å². The highest BCUT2D eigenvalue weighted by molar-refractivity contribution is 6.31. The van der Waals surface area contributed by atoms with E-state index in [1.807, 2.05) is 37.3 Å². The molecule has 1 unspecified atom stereocenters. The van der Waals surface area contributed by atoms with Gasteiger partial charge in [0.25, 0.3) is 0 Å². The van der Waals surface area contributed by atoms with Crippen LogP contribution in [0.1, 0.15) is 49.1 Å². The van der Waals surface area contributed by atoms with Gasteiger partial charge in [-0.3, -0.25) is 4.79 Å². The Hall–Kier alpha value is -2.66. The maximum absolute atomic E-state index is 12.6. The number of aromatic nitrogens is 2. The summed E-state index contributed by atoms with van der Waals surface area (Å²) in [4.78, 5) is 18.9. The van der Waals surface area contributed by atoms with Gasteiger partial charge in [-0.05, 0) is 36.1 Å². The summed E-state index contributed by atoms with van der Waals surface area (Å²) in [6, 6.07) is 13.7. The first kappa shape index (κ1) is 18.7. The van der Waals surface area contributed by atoms with Crippen LogP contribution in [-0.4, -0.2) is 22.6 Å². The van der Waals surface area contributed by atoms with Crippen molar-refractivity contribution < 1.29 is 9.32 Å². The summed E-state index contributed by atoms with van der Waals surface area (Å²) in [5, 5.41) is 4.74. The molecule has 1 saturated heterocycles. The van der Waals surface area contributed by atoms with Crippen LogP contribution in [0.5, 0.6) is 0 Å². The number of hydrogen-bond donors (Lipinski definition) is 0. The zero-order valence-corrected chi connectivity index (χ0v) is 16.9. The predicted octanol–water partition coefficient (Wildman–Crippen LogP) is 5.34. The number of hydrogen-bond acceptors (Lipinski definition) is 4. The summed E-state index contributed by atoms with van der Waals surface area (Å²) in [5.41, 5.74) is 4.02. The van der Waals surface area contributed by atoms with Crippen molar-refractivity contribution in [1.82, 2.24) is 10.1 Å². The van der Waals surface area contributed by atoms with E-state index in [2.05, 4.69) is 36.1 Å². The van der Waals surface area contributed by atoms with Gasteiger partial charge in [-0.2, -0.15) is 4.98 Å². The van der Waals surface area contributed by atoms with Crippen molar-refractivity contribution in [3.05, 3.63) is 64.5 Å². The van der Waals surface area contributed by atoms with Gasteiger partial charge in [-0.25, -0.2) is 0 Å². The third-order valence-corrected chi connectivity index (χ3v) is 5.45. The van der Waals surface area contributed by atoms with E-state index in [1.54, 1.807) is 4.90 Å². The number of carbonyl (C=O) groups is 1. The van der Waals surface area contributed by atoms with Crippen molar-refractivity contribution in [2.24, 2.45) is 0 Å². The Morgan fingerprint density at radius 3 is 2.64 bits per heavy atom. The summed E-state index contributed by atoms with van der Waals surface area (Å²) in [5.74, 6) is 1.44. The summed E-state index contributed by atoms with van der Waals surface area (Å²) in [6.07, 6.45) is 0.347. The van der Waals surface area contributed by atoms with E-state index < -0.39 is 0 Å². The van der Waals surface area contributed by atoms with Crippen molar-refractivity contribution in [1.29, 1.82) is 0 Å². The molecule has 1 amide bonds. The van der Waals surface area contributed by atoms with Crippen LogP contribution in [0.25, 0.3) is 11.4 Å². The Kier molecular flexibility index (Phi) is 4.94. The average molecular weight is 396 g/mol. The SMILES string of the molecule is Cc1ccc(Cl)cc1N1CC(c2nc(-c3ccc(C(C)C)cc3)no2)CC1=O. The topological polar surface area (TPSA) is 59.2 Å². The summed E-state index contributed by atoms with van der Waals surface area (Å²) < 4.78 is 5.50. The van der Waals surface area contributed by atoms with E-state index in [-0.39, 0.29) is 11.8 Å². The molecule has 0 spiro atoms. The minimum atomic E-state index is -0.123. The Labute approximate surface area is 169 Å². The van der Waals surface area contributed by atoms with Crippen LogP contribution in [0.15, 0.2) is 47.0 Å². The molecule has 1 atom stereocenters. The first-order chi connectivity index (χ1) is 13.4. The molecule has 2 heterocycles. The number of nitrogens with zero attached hydrogens (tertiary/aromatic N) is 3. The minimum Gasteiger partial charge on any atom is -0.339 e. The van der Waals surface area contributed by atoms with Crippen molar-refractivity contribution in [2.45, 2.75) is 39.0 Å². The van der Waals surface area contributed by atoms with Gasteiger partial charge in [0.15, 0.2) is 0 Å². The molecule has 1 fully saturated rings. The molecule has 0 aliphatic carbocycles. The Morgan fingerprint density at radius 2 is 1.93 bits per heavy atom. The van der Waals surface area contributed by atoms with Gasteiger partial charge in [0.2, 0.25) is 17.6 Å². The van der Waals surface area contributed by atoms with Gasteiger partial charge in [0.05, 0.1) is 5.92 Å². The molecule has 0 saturated carbocycles. The largest absolute Gasteiger partial charge is 0.339 e. The van der Waals surface area contributed by atoms with E-state index >= 15 is 0 Å². The third kappa shape index (κ3) is 3.54. The fourth-order valence-corrected chi connectivity index (χ4v) is 3.68. The van der Waals surface area contributed by atoms with E-state index in [0.717, 1.165) is 16.8 Å². The van der Waals surface area contributed by atoms with Crippen molar-refractivity contribution >= 4 is 23.2 Å². The molecule has 1 aromatic heterocycles. The predicted molar refractivity (Wildman–Crippen MR) is 110 cm³/mol. The highest BCUT2D eigenvalue weighted by Gasteiger charge is 2.35. The second-order valence-corrected chi connectivity index (χ2v) is 8.01. The first-order valence-corrected chi connectivity index (χ1v) is 9.80. The van der Waals surface area contributed by atoms with Gasteiger partial charge in [0.1, 0.15) is 0 Å². The third-order valence-electron chi connectivity index (χ3n) is 5.21. The monoisotopic (exact) mass is 395 g/mol. The van der Waals surface area contributed by atoms with Crippen LogP contribution >= 0.6 is 11.6 Å². The minimum absolute atomic E-state index is 0.0383. The molecule has 5 nitrogen and oxygen atoms in total. The summed E-state index contributed by atoms with van der Waals surface area (Å²) in [6.45, 7) is 6.80. The second-order valence-electron chi connectivity index (χ2n) is 7.57. The normalized spacial score (nSPS) is 17.0. The van der Waals surface area contributed by atoms with Crippen LogP contribution in [0.4, 0.5) is 5.69 Å². The molecular weight excluding hydrogens is 374 g/mol. The molecule has 6 heteroatoms. The molecule has 0 N–H and O–H groups in total. The Balaban J connectivity index is 1.55. The van der Waals surface area contributed by atoms with Crippen molar-refractivity contribution in [2.75, 3.05) is 11.4 Å². The number of rotatable bonds is 4. The first-order valence-electron chi connectivity index (χ1n) is 9.43. The molecule has 144 valence electrons. The molecule has 2 aromatic carbocycles. The number of halogens is 1. The molecule has 28 heavy (non-hydrogen) atoms.